The molecule has 1 aliphatic carbocycles. The van der Waals surface area contributed by atoms with Crippen LogP contribution in [0.1, 0.15) is 30.9 Å². The average molecular weight is 193 g/mol. The maximum Gasteiger partial charge on any atom is 0.0412 e. The van der Waals surface area contributed by atoms with Crippen LogP contribution in [0.4, 0.5) is 0 Å². The van der Waals surface area contributed by atoms with Crippen molar-refractivity contribution in [3.63, 3.8) is 0 Å². The van der Waals surface area contributed by atoms with Gasteiger partial charge in [0.25, 0.3) is 0 Å². The third-order valence-electron chi connectivity index (χ3n) is 2.53. The SMILES string of the molecule is CC1=Cc2cc(Cl)ccc2CCC1. The molecule has 0 radical (unpaired) electrons. The van der Waals surface area contributed by atoms with Crippen LogP contribution in [0.3, 0.4) is 0 Å². The third-order valence-corrected chi connectivity index (χ3v) is 2.76. The molecule has 0 nitrogen and oxygen atoms in total. The van der Waals surface area contributed by atoms with E-state index < -0.39 is 0 Å². The molecule has 0 aliphatic heterocycles. The molecule has 0 bridgehead atoms. The molecular weight excluding hydrogens is 180 g/mol. The highest BCUT2D eigenvalue weighted by Crippen LogP contribution is 2.25. The highest BCUT2D eigenvalue weighted by molar-refractivity contribution is 6.30. The quantitative estimate of drug-likeness (QED) is 0.581. The number of rotatable bonds is 0. The Bertz CT molecular complexity index is 350. The monoisotopic (exact) mass is 192 g/mol. The van der Waals surface area contributed by atoms with E-state index in [1.807, 2.05) is 6.07 Å². The van der Waals surface area contributed by atoms with Crippen LogP contribution in [0.2, 0.25) is 5.02 Å². The highest BCUT2D eigenvalue weighted by atomic mass is 35.5. The van der Waals surface area contributed by atoms with Gasteiger partial charge < -0.3 is 0 Å². The molecule has 13 heavy (non-hydrogen) atoms. The Labute approximate surface area is 84.2 Å². The summed E-state index contributed by atoms with van der Waals surface area (Å²) in [5.74, 6) is 0. The zero-order valence-electron chi connectivity index (χ0n) is 7.81. The maximum absolute atomic E-state index is 5.95. The molecular formula is C12H13Cl. The lowest BCUT2D eigenvalue weighted by molar-refractivity contribution is 0.824. The van der Waals surface area contributed by atoms with E-state index in [0.29, 0.717) is 0 Å². The van der Waals surface area contributed by atoms with Crippen molar-refractivity contribution < 1.29 is 0 Å². The summed E-state index contributed by atoms with van der Waals surface area (Å²) in [4.78, 5) is 0. The molecule has 0 saturated carbocycles. The van der Waals surface area contributed by atoms with Gasteiger partial charge in [-0.2, -0.15) is 0 Å². The predicted octanol–water partition coefficient (Wildman–Crippen LogP) is 4.08. The minimum Gasteiger partial charge on any atom is -0.0843 e. The van der Waals surface area contributed by atoms with Crippen LogP contribution in [0.5, 0.6) is 0 Å². The largest absolute Gasteiger partial charge is 0.0843 e. The van der Waals surface area contributed by atoms with Gasteiger partial charge in [0.1, 0.15) is 0 Å². The van der Waals surface area contributed by atoms with Gasteiger partial charge in [0.2, 0.25) is 0 Å². The van der Waals surface area contributed by atoms with Gasteiger partial charge in [0.15, 0.2) is 0 Å². The first kappa shape index (κ1) is 8.83. The van der Waals surface area contributed by atoms with Crippen LogP contribution in [0.25, 0.3) is 6.08 Å². The molecule has 68 valence electrons. The van der Waals surface area contributed by atoms with Crippen molar-refractivity contribution in [2.45, 2.75) is 26.2 Å². The highest BCUT2D eigenvalue weighted by Gasteiger charge is 2.06. The molecule has 0 N–H and O–H groups in total. The van der Waals surface area contributed by atoms with Crippen molar-refractivity contribution in [1.82, 2.24) is 0 Å². The molecule has 2 rings (SSSR count). The van der Waals surface area contributed by atoms with Crippen molar-refractivity contribution in [3.05, 3.63) is 39.9 Å². The van der Waals surface area contributed by atoms with Crippen LogP contribution in [-0.4, -0.2) is 0 Å². The normalized spacial score (nSPS) is 16.0. The van der Waals surface area contributed by atoms with E-state index in [4.69, 9.17) is 11.6 Å². The van der Waals surface area contributed by atoms with E-state index in [1.54, 1.807) is 0 Å². The number of halogens is 1. The smallest absolute Gasteiger partial charge is 0.0412 e. The molecule has 1 aromatic rings. The second kappa shape index (κ2) is 3.55. The molecule has 0 aromatic heterocycles. The van der Waals surface area contributed by atoms with E-state index >= 15 is 0 Å². The molecule has 1 heteroatoms. The van der Waals surface area contributed by atoms with Crippen molar-refractivity contribution in [2.24, 2.45) is 0 Å². The number of allylic oxidation sites excluding steroid dienone is 1. The molecule has 0 saturated heterocycles. The minimum atomic E-state index is 0.838. The van der Waals surface area contributed by atoms with E-state index in [-0.39, 0.29) is 0 Å². The summed E-state index contributed by atoms with van der Waals surface area (Å²) in [6, 6.07) is 6.19. The fraction of sp³-hybridized carbons (Fsp3) is 0.333. The van der Waals surface area contributed by atoms with Gasteiger partial charge in [0.05, 0.1) is 0 Å². The van der Waals surface area contributed by atoms with Gasteiger partial charge in [-0.3, -0.25) is 0 Å². The number of aryl methyl sites for hydroxylation is 1. The summed E-state index contributed by atoms with van der Waals surface area (Å²) in [6.07, 6.45) is 5.91. The zero-order valence-corrected chi connectivity index (χ0v) is 8.56. The van der Waals surface area contributed by atoms with Crippen molar-refractivity contribution in [2.75, 3.05) is 0 Å². The Morgan fingerprint density at radius 1 is 1.23 bits per heavy atom. The average Bonchev–Trinajstić information content (AvgIpc) is 2.25. The first-order valence-electron chi connectivity index (χ1n) is 4.71. The molecule has 1 aromatic carbocycles. The van der Waals surface area contributed by atoms with Gasteiger partial charge >= 0.3 is 0 Å². The summed E-state index contributed by atoms with van der Waals surface area (Å²) in [6.45, 7) is 2.19. The van der Waals surface area contributed by atoms with E-state index in [1.165, 1.54) is 36.0 Å². The Morgan fingerprint density at radius 3 is 2.92 bits per heavy atom. The molecule has 0 unspecified atom stereocenters. The van der Waals surface area contributed by atoms with Crippen LogP contribution >= 0.6 is 11.6 Å². The van der Waals surface area contributed by atoms with Gasteiger partial charge in [-0.05, 0) is 49.4 Å². The van der Waals surface area contributed by atoms with Crippen LogP contribution in [-0.2, 0) is 6.42 Å². The Hall–Kier alpha value is -0.750. The Kier molecular flexibility index (Phi) is 2.41. The number of hydrogen-bond acceptors (Lipinski definition) is 0. The molecule has 1 aliphatic rings. The van der Waals surface area contributed by atoms with E-state index in [2.05, 4.69) is 25.1 Å². The zero-order chi connectivity index (χ0) is 9.26. The molecule has 0 amide bonds. The molecule has 0 spiro atoms. The second-order valence-corrected chi connectivity index (χ2v) is 4.12. The lowest BCUT2D eigenvalue weighted by atomic mass is 10.0. The van der Waals surface area contributed by atoms with E-state index in [0.717, 1.165) is 5.02 Å². The topological polar surface area (TPSA) is 0 Å². The second-order valence-electron chi connectivity index (χ2n) is 3.69. The lowest BCUT2D eigenvalue weighted by Gasteiger charge is -2.02. The Balaban J connectivity index is 2.49. The molecule has 0 heterocycles. The first-order chi connectivity index (χ1) is 6.25. The van der Waals surface area contributed by atoms with E-state index in [9.17, 15) is 0 Å². The van der Waals surface area contributed by atoms with Crippen LogP contribution in [0.15, 0.2) is 23.8 Å². The van der Waals surface area contributed by atoms with Crippen molar-refractivity contribution in [3.8, 4) is 0 Å². The fourth-order valence-electron chi connectivity index (χ4n) is 1.82. The van der Waals surface area contributed by atoms with Gasteiger partial charge in [-0.1, -0.05) is 29.3 Å². The Morgan fingerprint density at radius 2 is 2.08 bits per heavy atom. The first-order valence-corrected chi connectivity index (χ1v) is 5.09. The summed E-state index contributed by atoms with van der Waals surface area (Å²) in [5.41, 5.74) is 4.20. The standard InChI is InChI=1S/C12H13Cl/c1-9-3-2-4-10-5-6-12(13)8-11(10)7-9/h5-8H,2-4H2,1H3. The number of hydrogen-bond donors (Lipinski definition) is 0. The summed E-state index contributed by atoms with van der Waals surface area (Å²) in [5, 5.41) is 0.838. The van der Waals surface area contributed by atoms with Crippen molar-refractivity contribution in [1.29, 1.82) is 0 Å². The summed E-state index contributed by atoms with van der Waals surface area (Å²) in [7, 11) is 0. The molecule has 0 atom stereocenters. The summed E-state index contributed by atoms with van der Waals surface area (Å²) < 4.78 is 0. The summed E-state index contributed by atoms with van der Waals surface area (Å²) >= 11 is 5.95. The third kappa shape index (κ3) is 1.94. The molecule has 0 fully saturated rings. The van der Waals surface area contributed by atoms with Crippen LogP contribution in [0, 0.1) is 0 Å². The number of benzene rings is 1. The fourth-order valence-corrected chi connectivity index (χ4v) is 2.00. The van der Waals surface area contributed by atoms with Gasteiger partial charge in [0, 0.05) is 5.02 Å². The minimum absolute atomic E-state index is 0.838. The number of fused-ring (bicyclic) bond motifs is 1. The maximum atomic E-state index is 5.95. The van der Waals surface area contributed by atoms with Crippen LogP contribution < -0.4 is 0 Å². The van der Waals surface area contributed by atoms with Gasteiger partial charge in [-0.25, -0.2) is 0 Å². The lowest BCUT2D eigenvalue weighted by Crippen LogP contribution is -1.86. The van der Waals surface area contributed by atoms with Crippen molar-refractivity contribution >= 4 is 17.7 Å². The predicted molar refractivity (Wildman–Crippen MR) is 58.0 cm³/mol. The van der Waals surface area contributed by atoms with Gasteiger partial charge in [-0.15, -0.1) is 0 Å².